The van der Waals surface area contributed by atoms with E-state index in [1.807, 2.05) is 0 Å². The SMILES string of the molecule is CCn1c(=O)c2cc(S(=O)(=O)F)ccc2n(CC)c1=O. The smallest absolute Gasteiger partial charge is 0.293 e. The Morgan fingerprint density at radius 3 is 2.20 bits per heavy atom. The van der Waals surface area contributed by atoms with Crippen molar-refractivity contribution < 1.29 is 12.3 Å². The number of aryl methyl sites for hydroxylation is 1. The molecule has 0 radical (unpaired) electrons. The molecule has 0 aliphatic heterocycles. The van der Waals surface area contributed by atoms with Crippen molar-refractivity contribution >= 4 is 21.1 Å². The molecule has 20 heavy (non-hydrogen) atoms. The van der Waals surface area contributed by atoms with Crippen LogP contribution in [0.5, 0.6) is 0 Å². The van der Waals surface area contributed by atoms with Crippen LogP contribution in [-0.2, 0) is 23.3 Å². The molecule has 2 aromatic rings. The topological polar surface area (TPSA) is 78.1 Å². The van der Waals surface area contributed by atoms with E-state index >= 15 is 0 Å². The second-order valence-electron chi connectivity index (χ2n) is 4.19. The lowest BCUT2D eigenvalue weighted by molar-refractivity contribution is 0.552. The molecular weight excluding hydrogens is 287 g/mol. The fourth-order valence-corrected chi connectivity index (χ4v) is 2.63. The molecular formula is C12H13FN2O4S. The van der Waals surface area contributed by atoms with Gasteiger partial charge in [0.15, 0.2) is 0 Å². The third-order valence-electron chi connectivity index (χ3n) is 3.11. The van der Waals surface area contributed by atoms with Crippen molar-refractivity contribution in [2.75, 3.05) is 0 Å². The molecule has 0 spiro atoms. The highest BCUT2D eigenvalue weighted by Gasteiger charge is 2.16. The first-order valence-corrected chi connectivity index (χ1v) is 7.41. The number of fused-ring (bicyclic) bond motifs is 1. The van der Waals surface area contributed by atoms with Gasteiger partial charge in [-0.25, -0.2) is 4.79 Å². The first-order valence-electron chi connectivity index (χ1n) is 6.03. The minimum absolute atomic E-state index is 0.00650. The molecule has 0 saturated carbocycles. The van der Waals surface area contributed by atoms with E-state index in [1.165, 1.54) is 10.6 Å². The summed E-state index contributed by atoms with van der Waals surface area (Å²) < 4.78 is 37.2. The van der Waals surface area contributed by atoms with Crippen LogP contribution in [-0.4, -0.2) is 17.6 Å². The zero-order valence-electron chi connectivity index (χ0n) is 11.0. The molecule has 2 rings (SSSR count). The summed E-state index contributed by atoms with van der Waals surface area (Å²) in [6, 6.07) is 3.28. The second kappa shape index (κ2) is 4.86. The summed E-state index contributed by atoms with van der Waals surface area (Å²) in [5.41, 5.74) is -0.800. The molecule has 0 N–H and O–H groups in total. The highest BCUT2D eigenvalue weighted by atomic mass is 32.3. The molecule has 1 heterocycles. The van der Waals surface area contributed by atoms with Crippen LogP contribution in [0.3, 0.4) is 0 Å². The van der Waals surface area contributed by atoms with Crippen LogP contribution >= 0.6 is 0 Å². The maximum Gasteiger partial charge on any atom is 0.332 e. The van der Waals surface area contributed by atoms with Gasteiger partial charge >= 0.3 is 15.9 Å². The van der Waals surface area contributed by atoms with Gasteiger partial charge < -0.3 is 0 Å². The monoisotopic (exact) mass is 300 g/mol. The highest BCUT2D eigenvalue weighted by molar-refractivity contribution is 7.86. The van der Waals surface area contributed by atoms with E-state index in [-0.39, 0.29) is 11.9 Å². The molecule has 0 amide bonds. The number of hydrogen-bond donors (Lipinski definition) is 0. The summed E-state index contributed by atoms with van der Waals surface area (Å²) in [4.78, 5) is 23.6. The first kappa shape index (κ1) is 14.4. The molecule has 1 aromatic heterocycles. The lowest BCUT2D eigenvalue weighted by atomic mass is 10.2. The number of nitrogens with zero attached hydrogens (tertiary/aromatic N) is 2. The van der Waals surface area contributed by atoms with Gasteiger partial charge in [-0.05, 0) is 32.0 Å². The Morgan fingerprint density at radius 2 is 1.70 bits per heavy atom. The first-order chi connectivity index (χ1) is 9.31. The lowest BCUT2D eigenvalue weighted by Crippen LogP contribution is -2.39. The fourth-order valence-electron chi connectivity index (χ4n) is 2.14. The van der Waals surface area contributed by atoms with Crippen LogP contribution in [0.25, 0.3) is 10.9 Å². The van der Waals surface area contributed by atoms with E-state index in [1.54, 1.807) is 13.8 Å². The van der Waals surface area contributed by atoms with Crippen molar-refractivity contribution in [1.29, 1.82) is 0 Å². The molecule has 0 fully saturated rings. The molecule has 0 saturated heterocycles. The van der Waals surface area contributed by atoms with E-state index < -0.39 is 26.4 Å². The molecule has 0 aliphatic carbocycles. The number of rotatable bonds is 3. The second-order valence-corrected chi connectivity index (χ2v) is 5.54. The highest BCUT2D eigenvalue weighted by Crippen LogP contribution is 2.17. The van der Waals surface area contributed by atoms with Crippen LogP contribution in [0, 0.1) is 0 Å². The van der Waals surface area contributed by atoms with Crippen molar-refractivity contribution in [3.05, 3.63) is 39.0 Å². The molecule has 0 aliphatic rings. The van der Waals surface area contributed by atoms with Crippen molar-refractivity contribution in [2.45, 2.75) is 31.8 Å². The maximum absolute atomic E-state index is 13.0. The van der Waals surface area contributed by atoms with Crippen LogP contribution < -0.4 is 11.2 Å². The Kier molecular flexibility index (Phi) is 3.51. The Bertz CT molecular complexity index is 896. The van der Waals surface area contributed by atoms with Gasteiger partial charge in [0.25, 0.3) is 5.56 Å². The molecule has 108 valence electrons. The lowest BCUT2D eigenvalue weighted by Gasteiger charge is -2.11. The van der Waals surface area contributed by atoms with Crippen LogP contribution in [0.4, 0.5) is 3.89 Å². The van der Waals surface area contributed by atoms with E-state index in [0.717, 1.165) is 16.7 Å². The third kappa shape index (κ3) is 2.15. The van der Waals surface area contributed by atoms with Gasteiger partial charge in [0.05, 0.1) is 15.8 Å². The Morgan fingerprint density at radius 1 is 1.10 bits per heavy atom. The predicted octanol–water partition coefficient (Wildman–Crippen LogP) is 0.861. The average Bonchev–Trinajstić information content (AvgIpc) is 2.38. The fraction of sp³-hybridized carbons (Fsp3) is 0.333. The van der Waals surface area contributed by atoms with Crippen LogP contribution in [0.15, 0.2) is 32.7 Å². The minimum atomic E-state index is -4.90. The average molecular weight is 300 g/mol. The largest absolute Gasteiger partial charge is 0.332 e. The summed E-state index contributed by atoms with van der Waals surface area (Å²) in [6.45, 7) is 3.83. The van der Waals surface area contributed by atoms with Gasteiger partial charge in [-0.15, -0.1) is 3.89 Å². The molecule has 6 nitrogen and oxygen atoms in total. The third-order valence-corrected chi connectivity index (χ3v) is 3.93. The van der Waals surface area contributed by atoms with Gasteiger partial charge in [-0.3, -0.25) is 13.9 Å². The maximum atomic E-state index is 13.0. The summed E-state index contributed by atoms with van der Waals surface area (Å²) in [5, 5.41) is 0.00650. The molecule has 0 atom stereocenters. The van der Waals surface area contributed by atoms with Gasteiger partial charge in [0.2, 0.25) is 0 Å². The zero-order valence-corrected chi connectivity index (χ0v) is 11.8. The van der Waals surface area contributed by atoms with Crippen molar-refractivity contribution in [2.24, 2.45) is 0 Å². The number of halogens is 1. The van der Waals surface area contributed by atoms with Crippen molar-refractivity contribution in [1.82, 2.24) is 9.13 Å². The summed E-state index contributed by atoms with van der Waals surface area (Å²) in [5.74, 6) is 0. The summed E-state index contributed by atoms with van der Waals surface area (Å²) in [6.07, 6.45) is 0. The van der Waals surface area contributed by atoms with Crippen LogP contribution in [0.1, 0.15) is 13.8 Å². The van der Waals surface area contributed by atoms with Crippen LogP contribution in [0.2, 0.25) is 0 Å². The number of hydrogen-bond acceptors (Lipinski definition) is 4. The molecule has 0 bridgehead atoms. The van der Waals surface area contributed by atoms with E-state index in [0.29, 0.717) is 12.1 Å². The van der Waals surface area contributed by atoms with E-state index in [4.69, 9.17) is 0 Å². The standard InChI is InChI=1S/C12H13FN2O4S/c1-3-14-10-6-5-8(20(13,18)19)7-9(10)11(16)15(4-2)12(14)17/h5-7H,3-4H2,1-2H3. The van der Waals surface area contributed by atoms with Gasteiger partial charge in [-0.1, -0.05) is 0 Å². The Balaban J connectivity index is 3.04. The number of benzene rings is 1. The minimum Gasteiger partial charge on any atom is -0.293 e. The van der Waals surface area contributed by atoms with E-state index in [2.05, 4.69) is 0 Å². The quantitative estimate of drug-likeness (QED) is 0.788. The normalized spacial score (nSPS) is 11.9. The molecule has 8 heteroatoms. The van der Waals surface area contributed by atoms with Crippen molar-refractivity contribution in [3.63, 3.8) is 0 Å². The van der Waals surface area contributed by atoms with Crippen molar-refractivity contribution in [3.8, 4) is 0 Å². The van der Waals surface area contributed by atoms with Gasteiger partial charge in [0.1, 0.15) is 0 Å². The Hall–Kier alpha value is -1.96. The number of aromatic nitrogens is 2. The Labute approximate surface area is 114 Å². The zero-order chi connectivity index (χ0) is 15.1. The van der Waals surface area contributed by atoms with Gasteiger partial charge in [-0.2, -0.15) is 8.42 Å². The summed E-state index contributed by atoms with van der Waals surface area (Å²) in [7, 11) is -4.90. The molecule has 0 unspecified atom stereocenters. The summed E-state index contributed by atoms with van der Waals surface area (Å²) >= 11 is 0. The molecule has 1 aromatic carbocycles. The van der Waals surface area contributed by atoms with E-state index in [9.17, 15) is 21.9 Å². The van der Waals surface area contributed by atoms with Gasteiger partial charge in [0, 0.05) is 13.1 Å². The predicted molar refractivity (Wildman–Crippen MR) is 72.1 cm³/mol.